The van der Waals surface area contributed by atoms with Crippen molar-refractivity contribution in [3.63, 3.8) is 0 Å². The number of allylic oxidation sites excluding steroid dienone is 8. The number of sulfone groups is 1. The third kappa shape index (κ3) is 9.97. The molecule has 0 aromatic heterocycles. The molecule has 0 atom stereocenters. The Balaban J connectivity index is 2.39. The van der Waals surface area contributed by atoms with Crippen molar-refractivity contribution in [3.8, 4) is 0 Å². The summed E-state index contributed by atoms with van der Waals surface area (Å²) in [6.07, 6.45) is 14.1. The largest absolute Gasteiger partial charge is 0.218 e. The van der Waals surface area contributed by atoms with E-state index in [4.69, 9.17) is 0 Å². The molecule has 37 heavy (non-hydrogen) atoms. The van der Waals surface area contributed by atoms with Crippen molar-refractivity contribution < 1.29 is 8.42 Å². The van der Waals surface area contributed by atoms with Gasteiger partial charge in [0.2, 0.25) is 9.84 Å². The molecule has 0 unspecified atom stereocenters. The first-order valence-corrected chi connectivity index (χ1v) is 14.9. The topological polar surface area (TPSA) is 34.1 Å². The van der Waals surface area contributed by atoms with Gasteiger partial charge < -0.3 is 0 Å². The maximum absolute atomic E-state index is 14.0. The SMILES string of the molecule is CC(C)=CCC/C(C)=C/Cc1cc(C)ccc1S(=O)(=O)c1ccc(C)cc1C/C=C(\C)CCC=C(C)C. The molecule has 0 fully saturated rings. The smallest absolute Gasteiger partial charge is 0.207 e. The molecule has 0 aliphatic carbocycles. The Bertz CT molecular complexity index is 1200. The fourth-order valence-electron chi connectivity index (χ4n) is 4.33. The van der Waals surface area contributed by atoms with E-state index in [0.717, 1.165) is 47.9 Å². The Labute approximate surface area is 226 Å². The summed E-state index contributed by atoms with van der Waals surface area (Å²) in [7, 11) is -3.66. The Hall–Kier alpha value is -2.65. The zero-order chi connectivity index (χ0) is 27.6. The van der Waals surface area contributed by atoms with Crippen molar-refractivity contribution in [2.75, 3.05) is 0 Å². The molecule has 0 heterocycles. The van der Waals surface area contributed by atoms with Crippen LogP contribution in [0.15, 0.2) is 92.8 Å². The van der Waals surface area contributed by atoms with Crippen molar-refractivity contribution in [2.45, 2.75) is 104 Å². The third-order valence-electron chi connectivity index (χ3n) is 6.53. The van der Waals surface area contributed by atoms with Crippen LogP contribution in [0.2, 0.25) is 0 Å². The first-order valence-electron chi connectivity index (χ1n) is 13.4. The van der Waals surface area contributed by atoms with Crippen LogP contribution in [-0.4, -0.2) is 8.42 Å². The van der Waals surface area contributed by atoms with Gasteiger partial charge in [0.05, 0.1) is 9.79 Å². The fourth-order valence-corrected chi connectivity index (χ4v) is 6.03. The van der Waals surface area contributed by atoms with Crippen LogP contribution in [0.4, 0.5) is 0 Å². The molecule has 0 bridgehead atoms. The summed E-state index contributed by atoms with van der Waals surface area (Å²) >= 11 is 0. The minimum absolute atomic E-state index is 0.417. The Morgan fingerprint density at radius 2 is 1.00 bits per heavy atom. The molecule has 0 radical (unpaired) electrons. The van der Waals surface area contributed by atoms with Crippen LogP contribution in [0.1, 0.15) is 89.5 Å². The zero-order valence-corrected chi connectivity index (χ0v) is 25.1. The van der Waals surface area contributed by atoms with Gasteiger partial charge in [0.15, 0.2) is 0 Å². The summed E-state index contributed by atoms with van der Waals surface area (Å²) in [5, 5.41) is 0. The van der Waals surface area contributed by atoms with Gasteiger partial charge in [0.25, 0.3) is 0 Å². The van der Waals surface area contributed by atoms with E-state index in [-0.39, 0.29) is 0 Å². The van der Waals surface area contributed by atoms with Gasteiger partial charge in [-0.3, -0.25) is 0 Å². The highest BCUT2D eigenvalue weighted by atomic mass is 32.2. The minimum atomic E-state index is -3.66. The zero-order valence-electron chi connectivity index (χ0n) is 24.2. The van der Waals surface area contributed by atoms with Gasteiger partial charge in [-0.25, -0.2) is 8.42 Å². The van der Waals surface area contributed by atoms with Gasteiger partial charge in [0.1, 0.15) is 0 Å². The molecule has 2 aromatic rings. The molecule has 2 aromatic carbocycles. The predicted molar refractivity (Wildman–Crippen MR) is 160 cm³/mol. The second-order valence-electron chi connectivity index (χ2n) is 10.9. The number of rotatable bonds is 12. The minimum Gasteiger partial charge on any atom is -0.218 e. The van der Waals surface area contributed by atoms with E-state index in [9.17, 15) is 8.42 Å². The van der Waals surface area contributed by atoms with E-state index >= 15 is 0 Å². The van der Waals surface area contributed by atoms with E-state index in [0.29, 0.717) is 22.6 Å². The average molecular weight is 519 g/mol. The highest BCUT2D eigenvalue weighted by Crippen LogP contribution is 2.30. The standard InChI is InChI=1S/C34H46O2S/c1-25(2)11-9-13-27(5)15-19-31-23-29(7)17-21-33(31)37(35,36)34-22-18-30(8)24-32(34)20-16-28(6)14-10-12-26(3)4/h11-12,15-18,21-24H,9-10,13-14,19-20H2,1-8H3/b27-15+,28-16+. The Morgan fingerprint density at radius 3 is 1.35 bits per heavy atom. The molecule has 200 valence electrons. The van der Waals surface area contributed by atoms with Crippen LogP contribution in [0.25, 0.3) is 0 Å². The van der Waals surface area contributed by atoms with Crippen molar-refractivity contribution in [3.05, 3.63) is 105 Å². The second-order valence-corrected chi connectivity index (χ2v) is 12.8. The van der Waals surface area contributed by atoms with Gasteiger partial charge in [-0.1, -0.05) is 82.0 Å². The van der Waals surface area contributed by atoms with Crippen molar-refractivity contribution in [2.24, 2.45) is 0 Å². The predicted octanol–water partition coefficient (Wildman–Crippen LogP) is 9.61. The number of aryl methyl sites for hydroxylation is 2. The van der Waals surface area contributed by atoms with Crippen LogP contribution in [-0.2, 0) is 22.7 Å². The maximum Gasteiger partial charge on any atom is 0.207 e. The van der Waals surface area contributed by atoms with Crippen LogP contribution < -0.4 is 0 Å². The summed E-state index contributed by atoms with van der Waals surface area (Å²) in [6, 6.07) is 11.4. The quantitative estimate of drug-likeness (QED) is 0.262. The van der Waals surface area contributed by atoms with Crippen LogP contribution >= 0.6 is 0 Å². The van der Waals surface area contributed by atoms with Gasteiger partial charge in [-0.15, -0.1) is 0 Å². The third-order valence-corrected chi connectivity index (χ3v) is 8.49. The highest BCUT2D eigenvalue weighted by molar-refractivity contribution is 7.91. The number of hydrogen-bond acceptors (Lipinski definition) is 2. The van der Waals surface area contributed by atoms with Gasteiger partial charge >= 0.3 is 0 Å². The molecular formula is C34H46O2S. The Kier molecular flexibility index (Phi) is 11.8. The average Bonchev–Trinajstić information content (AvgIpc) is 2.80. The fraction of sp³-hybridized carbons (Fsp3) is 0.412. The maximum atomic E-state index is 14.0. The molecule has 0 N–H and O–H groups in total. The molecule has 0 aliphatic heterocycles. The summed E-state index contributed by atoms with van der Waals surface area (Å²) in [5.41, 5.74) is 9.09. The van der Waals surface area contributed by atoms with E-state index in [1.165, 1.54) is 22.3 Å². The lowest BCUT2D eigenvalue weighted by molar-refractivity contribution is 0.594. The van der Waals surface area contributed by atoms with E-state index in [1.54, 1.807) is 12.1 Å². The summed E-state index contributed by atoms with van der Waals surface area (Å²) in [4.78, 5) is 0.835. The van der Waals surface area contributed by atoms with E-state index in [1.807, 2.05) is 38.1 Å². The van der Waals surface area contributed by atoms with E-state index in [2.05, 4.69) is 65.8 Å². The molecule has 0 saturated heterocycles. The van der Waals surface area contributed by atoms with Gasteiger partial charge in [-0.2, -0.15) is 0 Å². The van der Waals surface area contributed by atoms with Crippen molar-refractivity contribution in [1.29, 1.82) is 0 Å². The van der Waals surface area contributed by atoms with Gasteiger partial charge in [-0.05, 0) is 117 Å². The molecular weight excluding hydrogens is 472 g/mol. The van der Waals surface area contributed by atoms with Crippen LogP contribution in [0.5, 0.6) is 0 Å². The highest BCUT2D eigenvalue weighted by Gasteiger charge is 2.24. The lowest BCUT2D eigenvalue weighted by Crippen LogP contribution is -2.09. The first kappa shape index (κ1) is 30.6. The monoisotopic (exact) mass is 518 g/mol. The molecule has 0 spiro atoms. The molecule has 0 amide bonds. The Morgan fingerprint density at radius 1 is 0.622 bits per heavy atom. The van der Waals surface area contributed by atoms with Crippen LogP contribution in [0, 0.1) is 13.8 Å². The van der Waals surface area contributed by atoms with Gasteiger partial charge in [0, 0.05) is 0 Å². The number of hydrogen-bond donors (Lipinski definition) is 0. The summed E-state index contributed by atoms with van der Waals surface area (Å²) < 4.78 is 28.0. The normalized spacial score (nSPS) is 12.4. The second kappa shape index (κ2) is 14.3. The van der Waals surface area contributed by atoms with Crippen LogP contribution in [0.3, 0.4) is 0 Å². The summed E-state index contributed by atoms with van der Waals surface area (Å²) in [6.45, 7) is 16.8. The first-order chi connectivity index (χ1) is 17.4. The summed E-state index contributed by atoms with van der Waals surface area (Å²) in [5.74, 6) is 0. The van der Waals surface area contributed by atoms with E-state index < -0.39 is 9.84 Å². The number of benzene rings is 2. The molecule has 2 rings (SSSR count). The molecule has 3 heteroatoms. The molecule has 2 nitrogen and oxygen atoms in total. The molecule has 0 aliphatic rings. The lowest BCUT2D eigenvalue weighted by Gasteiger charge is -2.15. The lowest BCUT2D eigenvalue weighted by atomic mass is 10.0. The molecule has 0 saturated carbocycles. The van der Waals surface area contributed by atoms with Crippen molar-refractivity contribution in [1.82, 2.24) is 0 Å². The van der Waals surface area contributed by atoms with Crippen molar-refractivity contribution >= 4 is 9.84 Å².